The van der Waals surface area contributed by atoms with Crippen LogP contribution in [0.1, 0.15) is 37.7 Å². The molecule has 0 spiro atoms. The van der Waals surface area contributed by atoms with Gasteiger partial charge in [-0.2, -0.15) is 0 Å². The maximum absolute atomic E-state index is 15.0. The summed E-state index contributed by atoms with van der Waals surface area (Å²) in [6.07, 6.45) is -1.95. The monoisotopic (exact) mass is 513 g/mol. The molecule has 2 aromatic rings. The SMILES string of the molecule is CCCSc1nc(NC2C[C@H](O)C(OCCO)[C@@H]2F)c(N)c(N[C@@H]2CC2c2ccc(F)c(F)c2)n1. The van der Waals surface area contributed by atoms with Crippen LogP contribution in [0.25, 0.3) is 0 Å². The van der Waals surface area contributed by atoms with Crippen molar-refractivity contribution in [1.82, 2.24) is 9.97 Å². The van der Waals surface area contributed by atoms with Crippen molar-refractivity contribution < 1.29 is 28.1 Å². The molecule has 6 N–H and O–H groups in total. The Labute approximate surface area is 205 Å². The number of aromatic nitrogens is 2. The van der Waals surface area contributed by atoms with E-state index in [1.807, 2.05) is 6.92 Å². The number of nitrogen functional groups attached to an aromatic ring is 1. The van der Waals surface area contributed by atoms with E-state index in [4.69, 9.17) is 15.6 Å². The fraction of sp³-hybridized carbons (Fsp3) is 0.565. The Morgan fingerprint density at radius 1 is 1.14 bits per heavy atom. The fourth-order valence-corrected chi connectivity index (χ4v) is 4.94. The molecule has 1 aromatic heterocycles. The molecule has 3 unspecified atom stereocenters. The van der Waals surface area contributed by atoms with Crippen molar-refractivity contribution in [3.05, 3.63) is 35.4 Å². The number of nitrogens with one attached hydrogen (secondary N) is 2. The lowest BCUT2D eigenvalue weighted by Crippen LogP contribution is -2.35. The standard InChI is InChI=1S/C23H30F3N5O3S/c1-2-7-35-23-30-21(28-15-9-12(15)11-3-4-13(24)14(25)8-11)19(27)22(31-23)29-16-10-17(33)20(18(16)26)34-6-5-32/h3-4,8,12,15-18,20,32-33H,2,5-7,9-10,27H2,1H3,(H2,28,29,30,31)/t12?,15-,16?,17+,18-,20?/m1/s1. The molecule has 0 bridgehead atoms. The molecule has 12 heteroatoms. The molecule has 4 rings (SSSR count). The zero-order valence-electron chi connectivity index (χ0n) is 19.3. The van der Waals surface area contributed by atoms with E-state index in [0.717, 1.165) is 18.2 Å². The number of anilines is 3. The van der Waals surface area contributed by atoms with Crippen LogP contribution in [0.3, 0.4) is 0 Å². The minimum Gasteiger partial charge on any atom is -0.394 e. The van der Waals surface area contributed by atoms with Gasteiger partial charge in [-0.25, -0.2) is 23.1 Å². The van der Waals surface area contributed by atoms with Gasteiger partial charge in [0, 0.05) is 17.7 Å². The van der Waals surface area contributed by atoms with Gasteiger partial charge in [-0.3, -0.25) is 0 Å². The lowest BCUT2D eigenvalue weighted by Gasteiger charge is -2.21. The highest BCUT2D eigenvalue weighted by atomic mass is 32.2. The highest BCUT2D eigenvalue weighted by Gasteiger charge is 2.45. The van der Waals surface area contributed by atoms with Crippen molar-refractivity contribution in [2.75, 3.05) is 35.3 Å². The van der Waals surface area contributed by atoms with E-state index in [9.17, 15) is 18.3 Å². The first kappa shape index (κ1) is 25.8. The number of benzene rings is 1. The normalized spacial score (nSPS) is 27.7. The van der Waals surface area contributed by atoms with Gasteiger partial charge in [0.05, 0.1) is 25.4 Å². The number of thioether (sulfide) groups is 1. The Hall–Kier alpha value is -2.28. The summed E-state index contributed by atoms with van der Waals surface area (Å²) >= 11 is 1.43. The second-order valence-electron chi connectivity index (χ2n) is 8.79. The Morgan fingerprint density at radius 3 is 2.51 bits per heavy atom. The summed E-state index contributed by atoms with van der Waals surface area (Å²) in [5, 5.41) is 25.9. The first-order valence-corrected chi connectivity index (χ1v) is 12.6. The quantitative estimate of drug-likeness (QED) is 0.228. The highest BCUT2D eigenvalue weighted by molar-refractivity contribution is 7.99. The summed E-state index contributed by atoms with van der Waals surface area (Å²) in [4.78, 5) is 8.98. The predicted molar refractivity (Wildman–Crippen MR) is 128 cm³/mol. The van der Waals surface area contributed by atoms with Gasteiger partial charge in [0.25, 0.3) is 0 Å². The van der Waals surface area contributed by atoms with Crippen molar-refractivity contribution in [1.29, 1.82) is 0 Å². The molecule has 0 saturated heterocycles. The third kappa shape index (κ3) is 5.93. The first-order chi connectivity index (χ1) is 16.8. The van der Waals surface area contributed by atoms with Crippen molar-refractivity contribution in [3.63, 3.8) is 0 Å². The average Bonchev–Trinajstić information content (AvgIpc) is 3.55. The third-order valence-corrected chi connectivity index (χ3v) is 7.19. The van der Waals surface area contributed by atoms with Crippen molar-refractivity contribution in [2.45, 2.75) is 67.7 Å². The number of hydrogen-bond donors (Lipinski definition) is 5. The Balaban J connectivity index is 1.51. The number of hydrogen-bond acceptors (Lipinski definition) is 9. The molecule has 2 fully saturated rings. The van der Waals surface area contributed by atoms with Crippen LogP contribution in [0.4, 0.5) is 30.5 Å². The summed E-state index contributed by atoms with van der Waals surface area (Å²) in [5.74, 6) is -0.409. The van der Waals surface area contributed by atoms with Gasteiger partial charge in [-0.1, -0.05) is 24.8 Å². The van der Waals surface area contributed by atoms with Gasteiger partial charge < -0.3 is 31.3 Å². The second kappa shape index (κ2) is 11.2. The Kier molecular flexibility index (Phi) is 8.25. The van der Waals surface area contributed by atoms with Gasteiger partial charge in [0.2, 0.25) is 0 Å². The molecule has 192 valence electrons. The van der Waals surface area contributed by atoms with Crippen LogP contribution in [0, 0.1) is 11.6 Å². The molecule has 0 aliphatic heterocycles. The Bertz CT molecular complexity index is 1040. The maximum atomic E-state index is 15.0. The second-order valence-corrected chi connectivity index (χ2v) is 9.85. The van der Waals surface area contributed by atoms with Crippen molar-refractivity contribution in [3.8, 4) is 0 Å². The minimum atomic E-state index is -1.53. The zero-order valence-corrected chi connectivity index (χ0v) is 20.1. The van der Waals surface area contributed by atoms with Crippen LogP contribution < -0.4 is 16.4 Å². The number of alkyl halides is 1. The first-order valence-electron chi connectivity index (χ1n) is 11.6. The van der Waals surface area contributed by atoms with Gasteiger partial charge >= 0.3 is 0 Å². The summed E-state index contributed by atoms with van der Waals surface area (Å²) < 4.78 is 47.2. The molecule has 1 aromatic carbocycles. The number of nitrogens with zero attached hydrogens (tertiary/aromatic N) is 2. The molecule has 0 amide bonds. The number of halogens is 3. The van der Waals surface area contributed by atoms with Gasteiger partial charge in [0.15, 0.2) is 28.4 Å². The highest BCUT2D eigenvalue weighted by Crippen LogP contribution is 2.44. The summed E-state index contributed by atoms with van der Waals surface area (Å²) in [6, 6.07) is 3.00. The smallest absolute Gasteiger partial charge is 0.191 e. The van der Waals surface area contributed by atoms with E-state index in [2.05, 4.69) is 20.6 Å². The van der Waals surface area contributed by atoms with E-state index in [1.165, 1.54) is 17.8 Å². The zero-order chi connectivity index (χ0) is 25.1. The van der Waals surface area contributed by atoms with Gasteiger partial charge in [-0.15, -0.1) is 0 Å². The number of ether oxygens (including phenoxy) is 1. The Morgan fingerprint density at radius 2 is 1.86 bits per heavy atom. The number of nitrogens with two attached hydrogens (primary N) is 1. The van der Waals surface area contributed by atoms with E-state index in [-0.39, 0.29) is 43.1 Å². The number of aliphatic hydroxyl groups excluding tert-OH is 2. The lowest BCUT2D eigenvalue weighted by atomic mass is 10.1. The van der Waals surface area contributed by atoms with E-state index in [1.54, 1.807) is 6.07 Å². The average molecular weight is 514 g/mol. The van der Waals surface area contributed by atoms with Crippen molar-refractivity contribution in [2.24, 2.45) is 0 Å². The van der Waals surface area contributed by atoms with E-state index < -0.39 is 36.1 Å². The van der Waals surface area contributed by atoms with Crippen LogP contribution in [-0.2, 0) is 4.74 Å². The third-order valence-electron chi connectivity index (χ3n) is 6.14. The minimum absolute atomic E-state index is 0.0211. The van der Waals surface area contributed by atoms with Crippen LogP contribution in [0.5, 0.6) is 0 Å². The molecule has 2 saturated carbocycles. The number of rotatable bonds is 11. The van der Waals surface area contributed by atoms with Gasteiger partial charge in [-0.05, 0) is 37.0 Å². The van der Waals surface area contributed by atoms with Crippen molar-refractivity contribution >= 4 is 29.1 Å². The summed E-state index contributed by atoms with van der Waals surface area (Å²) in [7, 11) is 0. The summed E-state index contributed by atoms with van der Waals surface area (Å²) in [6.45, 7) is 1.68. The predicted octanol–water partition coefficient (Wildman–Crippen LogP) is 3.07. The molecule has 35 heavy (non-hydrogen) atoms. The van der Waals surface area contributed by atoms with E-state index in [0.29, 0.717) is 23.0 Å². The molecule has 2 aliphatic carbocycles. The summed E-state index contributed by atoms with van der Waals surface area (Å²) in [5.41, 5.74) is 7.22. The van der Waals surface area contributed by atoms with Crippen LogP contribution in [0.15, 0.2) is 23.4 Å². The number of aliphatic hydroxyl groups is 2. The molecule has 8 nitrogen and oxygen atoms in total. The van der Waals surface area contributed by atoms with Crippen LogP contribution in [0.2, 0.25) is 0 Å². The molecule has 1 heterocycles. The molecule has 0 radical (unpaired) electrons. The molecule has 6 atom stereocenters. The topological polar surface area (TPSA) is 126 Å². The molecule has 2 aliphatic rings. The fourth-order valence-electron chi connectivity index (χ4n) is 4.24. The largest absolute Gasteiger partial charge is 0.394 e. The van der Waals surface area contributed by atoms with Crippen LogP contribution >= 0.6 is 11.8 Å². The van der Waals surface area contributed by atoms with Crippen LogP contribution in [-0.4, -0.2) is 69.6 Å². The molecular formula is C23H30F3N5O3S. The van der Waals surface area contributed by atoms with E-state index >= 15 is 0 Å². The lowest BCUT2D eigenvalue weighted by molar-refractivity contribution is -0.0566. The maximum Gasteiger partial charge on any atom is 0.191 e. The van der Waals surface area contributed by atoms with Gasteiger partial charge in [0.1, 0.15) is 18.0 Å². The molecular weight excluding hydrogens is 483 g/mol.